The molecule has 0 saturated carbocycles. The lowest BCUT2D eigenvalue weighted by Gasteiger charge is -2.28. The maximum Gasteiger partial charge on any atom is 0.337 e. The first-order valence-electron chi connectivity index (χ1n) is 16.0. The van der Waals surface area contributed by atoms with Gasteiger partial charge in [0.05, 0.1) is 43.2 Å². The van der Waals surface area contributed by atoms with E-state index in [2.05, 4.69) is 45.4 Å². The number of hydrogen-bond donors (Lipinski definition) is 4. The standard InChI is InChI=1S/C37H39ClN4O8/c1-5-47-30-18-27(34-33(36(44)46-4)22(3)40-37(45)41-34)13-14-29(30)49-21-32(43)42-39-19-24-16-28(38)35(31(17-24)48-6-2)50-20-23-11-12-25-9-7-8-10-26(25)15-23/h7-19,32,34,42-43H,5-6,20-21H2,1-4H3,(H2,40,41,45)/b39-19-/t32-,34-/m0/s1. The number of allylic oxidation sites excluding steroid dienone is 1. The predicted molar refractivity (Wildman–Crippen MR) is 190 cm³/mol. The van der Waals surface area contributed by atoms with E-state index in [9.17, 15) is 14.7 Å². The average Bonchev–Trinajstić information content (AvgIpc) is 3.10. The lowest BCUT2D eigenvalue weighted by molar-refractivity contribution is -0.136. The summed E-state index contributed by atoms with van der Waals surface area (Å²) in [6.45, 7) is 6.15. The molecule has 1 aliphatic rings. The van der Waals surface area contributed by atoms with E-state index in [-0.39, 0.29) is 12.2 Å². The number of hydrazone groups is 1. The van der Waals surface area contributed by atoms with Crippen molar-refractivity contribution in [2.24, 2.45) is 5.10 Å². The van der Waals surface area contributed by atoms with Crippen LogP contribution >= 0.6 is 11.6 Å². The zero-order valence-electron chi connectivity index (χ0n) is 28.1. The first-order valence-corrected chi connectivity index (χ1v) is 16.4. The van der Waals surface area contributed by atoms with Gasteiger partial charge in [0.15, 0.2) is 29.2 Å². The molecule has 1 heterocycles. The fourth-order valence-corrected chi connectivity index (χ4v) is 5.64. The molecule has 4 aromatic rings. The predicted octanol–water partition coefficient (Wildman–Crippen LogP) is 5.99. The van der Waals surface area contributed by atoms with Crippen LogP contribution < -0.4 is 35.0 Å². The van der Waals surface area contributed by atoms with Gasteiger partial charge in [0.1, 0.15) is 13.2 Å². The second-order valence-electron chi connectivity index (χ2n) is 11.1. The van der Waals surface area contributed by atoms with Gasteiger partial charge in [-0.1, -0.05) is 54.1 Å². The Balaban J connectivity index is 1.21. The summed E-state index contributed by atoms with van der Waals surface area (Å²) in [5, 5.41) is 22.7. The summed E-state index contributed by atoms with van der Waals surface area (Å²) in [7, 11) is 1.27. The number of fused-ring (bicyclic) bond motifs is 1. The highest BCUT2D eigenvalue weighted by molar-refractivity contribution is 6.32. The van der Waals surface area contributed by atoms with E-state index < -0.39 is 24.3 Å². The first kappa shape index (κ1) is 35.8. The van der Waals surface area contributed by atoms with Crippen molar-refractivity contribution in [2.45, 2.75) is 39.6 Å². The minimum Gasteiger partial charge on any atom is -0.490 e. The van der Waals surface area contributed by atoms with Crippen molar-refractivity contribution >= 4 is 40.6 Å². The number of urea groups is 1. The van der Waals surface area contributed by atoms with Gasteiger partial charge in [-0.25, -0.2) is 9.59 Å². The van der Waals surface area contributed by atoms with E-state index in [0.29, 0.717) is 64.7 Å². The highest BCUT2D eigenvalue weighted by Gasteiger charge is 2.32. The number of nitrogens with zero attached hydrogens (tertiary/aromatic N) is 1. The van der Waals surface area contributed by atoms with Crippen LogP contribution in [-0.2, 0) is 16.1 Å². The molecular weight excluding hydrogens is 664 g/mol. The molecule has 0 saturated heterocycles. The number of aliphatic hydroxyl groups is 1. The van der Waals surface area contributed by atoms with Crippen LogP contribution in [0.25, 0.3) is 10.8 Å². The summed E-state index contributed by atoms with van der Waals surface area (Å²) in [5.74, 6) is 1.01. The minimum absolute atomic E-state index is 0.181. The molecule has 0 bridgehead atoms. The zero-order valence-corrected chi connectivity index (χ0v) is 28.9. The molecule has 50 heavy (non-hydrogen) atoms. The lowest BCUT2D eigenvalue weighted by Crippen LogP contribution is -2.45. The number of amides is 2. The third-order valence-corrected chi connectivity index (χ3v) is 7.92. The summed E-state index contributed by atoms with van der Waals surface area (Å²) in [5.41, 5.74) is 5.47. The number of aliphatic hydroxyl groups excluding tert-OH is 1. The molecule has 12 nitrogen and oxygen atoms in total. The Bertz CT molecular complexity index is 1910. The SMILES string of the molecule is CCOc1cc([C@@H]2NC(=O)NC(C)=C2C(=O)OC)ccc1OC[C@H](O)N/N=C\c1cc(Cl)c(OCc2ccc3ccccc3c2)c(OCC)c1. The van der Waals surface area contributed by atoms with Crippen LogP contribution in [0.15, 0.2) is 89.2 Å². The fourth-order valence-electron chi connectivity index (χ4n) is 5.37. The van der Waals surface area contributed by atoms with Crippen LogP contribution in [0, 0.1) is 0 Å². The van der Waals surface area contributed by atoms with E-state index in [1.165, 1.54) is 13.3 Å². The molecule has 0 aromatic heterocycles. The molecule has 2 atom stereocenters. The van der Waals surface area contributed by atoms with E-state index in [0.717, 1.165) is 16.3 Å². The summed E-state index contributed by atoms with van der Waals surface area (Å²) >= 11 is 6.62. The number of nitrogens with one attached hydrogen (secondary N) is 3. The number of ether oxygens (including phenoxy) is 5. The number of hydrogen-bond acceptors (Lipinski definition) is 10. The van der Waals surface area contributed by atoms with Gasteiger partial charge in [0, 0.05) is 5.70 Å². The van der Waals surface area contributed by atoms with Gasteiger partial charge in [-0.15, -0.1) is 0 Å². The summed E-state index contributed by atoms with van der Waals surface area (Å²) in [6.07, 6.45) is 0.305. The number of benzene rings is 4. The largest absolute Gasteiger partial charge is 0.490 e. The summed E-state index contributed by atoms with van der Waals surface area (Å²) in [4.78, 5) is 24.7. The zero-order chi connectivity index (χ0) is 35.6. The molecule has 0 radical (unpaired) electrons. The third kappa shape index (κ3) is 8.76. The van der Waals surface area contributed by atoms with Crippen molar-refractivity contribution in [1.29, 1.82) is 0 Å². The monoisotopic (exact) mass is 702 g/mol. The Morgan fingerprint density at radius 2 is 1.72 bits per heavy atom. The van der Waals surface area contributed by atoms with Gasteiger partial charge in [0.25, 0.3) is 0 Å². The third-order valence-electron chi connectivity index (χ3n) is 7.64. The van der Waals surface area contributed by atoms with Crippen LogP contribution in [0.5, 0.6) is 23.0 Å². The normalized spacial score (nSPS) is 14.9. The van der Waals surface area contributed by atoms with Gasteiger partial charge in [-0.05, 0) is 78.6 Å². The molecule has 0 fully saturated rings. The first-order chi connectivity index (χ1) is 24.2. The quantitative estimate of drug-likeness (QED) is 0.0507. The van der Waals surface area contributed by atoms with Gasteiger partial charge in [0.2, 0.25) is 0 Å². The van der Waals surface area contributed by atoms with E-state index in [1.807, 2.05) is 32.0 Å². The van der Waals surface area contributed by atoms with Crippen LogP contribution in [0.2, 0.25) is 5.02 Å². The van der Waals surface area contributed by atoms with Crippen LogP contribution in [0.3, 0.4) is 0 Å². The fraction of sp³-hybridized carbons (Fsp3) is 0.270. The van der Waals surface area contributed by atoms with Crippen LogP contribution in [-0.4, -0.2) is 56.5 Å². The maximum absolute atomic E-state index is 12.5. The molecule has 2 amide bonds. The van der Waals surface area contributed by atoms with Gasteiger partial charge < -0.3 is 39.4 Å². The minimum atomic E-state index is -1.19. The number of esters is 1. The van der Waals surface area contributed by atoms with Crippen molar-refractivity contribution in [2.75, 3.05) is 26.9 Å². The van der Waals surface area contributed by atoms with Crippen molar-refractivity contribution in [3.63, 3.8) is 0 Å². The van der Waals surface area contributed by atoms with Crippen molar-refractivity contribution in [3.8, 4) is 23.0 Å². The smallest absolute Gasteiger partial charge is 0.337 e. The molecule has 0 aliphatic carbocycles. The number of methoxy groups -OCH3 is 1. The molecule has 262 valence electrons. The lowest BCUT2D eigenvalue weighted by atomic mass is 9.95. The highest BCUT2D eigenvalue weighted by atomic mass is 35.5. The second-order valence-corrected chi connectivity index (χ2v) is 11.6. The van der Waals surface area contributed by atoms with E-state index in [1.54, 1.807) is 37.3 Å². The van der Waals surface area contributed by atoms with Gasteiger partial charge in [-0.3, -0.25) is 5.43 Å². The number of halogens is 1. The van der Waals surface area contributed by atoms with Gasteiger partial charge >= 0.3 is 12.0 Å². The number of carbonyl (C=O) groups excluding carboxylic acids is 2. The van der Waals surface area contributed by atoms with Crippen molar-refractivity contribution in [1.82, 2.24) is 16.1 Å². The highest BCUT2D eigenvalue weighted by Crippen LogP contribution is 2.37. The number of carbonyl (C=O) groups is 2. The topological polar surface area (TPSA) is 149 Å². The molecule has 1 aliphatic heterocycles. The Morgan fingerprint density at radius 3 is 2.48 bits per heavy atom. The molecular formula is C37H39ClN4O8. The molecule has 0 spiro atoms. The van der Waals surface area contributed by atoms with Gasteiger partial charge in [-0.2, -0.15) is 5.10 Å². The number of rotatable bonds is 15. The Morgan fingerprint density at radius 1 is 0.960 bits per heavy atom. The summed E-state index contributed by atoms with van der Waals surface area (Å²) in [6, 6.07) is 21.5. The van der Waals surface area contributed by atoms with Crippen molar-refractivity contribution < 1.29 is 38.4 Å². The Kier molecular flexibility index (Phi) is 12.0. The Labute approximate surface area is 295 Å². The molecule has 0 unspecified atom stereocenters. The molecule has 4 aromatic carbocycles. The Hall–Kier alpha value is -5.46. The van der Waals surface area contributed by atoms with E-state index in [4.69, 9.17) is 35.3 Å². The second kappa shape index (κ2) is 16.8. The average molecular weight is 703 g/mol. The van der Waals surface area contributed by atoms with Crippen LogP contribution in [0.1, 0.15) is 43.5 Å². The van der Waals surface area contributed by atoms with Crippen molar-refractivity contribution in [3.05, 3.63) is 106 Å². The van der Waals surface area contributed by atoms with E-state index >= 15 is 0 Å². The maximum atomic E-state index is 12.5. The summed E-state index contributed by atoms with van der Waals surface area (Å²) < 4.78 is 28.5. The molecule has 5 rings (SSSR count). The molecule has 4 N–H and O–H groups in total. The van der Waals surface area contributed by atoms with Crippen LogP contribution in [0.4, 0.5) is 4.79 Å². The molecule has 13 heteroatoms.